The molecule has 1 heterocycles. The van der Waals surface area contributed by atoms with Gasteiger partial charge in [-0.2, -0.15) is 0 Å². The zero-order chi connectivity index (χ0) is 12.8. The van der Waals surface area contributed by atoms with Crippen LogP contribution in [0.15, 0.2) is 5.38 Å². The van der Waals surface area contributed by atoms with Crippen LogP contribution in [0.25, 0.3) is 0 Å². The van der Waals surface area contributed by atoms with Crippen molar-refractivity contribution in [1.29, 1.82) is 0 Å². The largest absolute Gasteiger partial charge is 0.383 e. The molecule has 0 fully saturated rings. The van der Waals surface area contributed by atoms with Crippen molar-refractivity contribution >= 4 is 17.2 Å². The van der Waals surface area contributed by atoms with Crippen molar-refractivity contribution in [1.82, 2.24) is 10.3 Å². The van der Waals surface area contributed by atoms with E-state index in [0.717, 1.165) is 17.1 Å². The number of hydrogen-bond acceptors (Lipinski definition) is 5. The Bertz CT molecular complexity index is 367. The molecule has 0 aliphatic rings. The minimum atomic E-state index is -0.633. The van der Waals surface area contributed by atoms with E-state index in [1.54, 1.807) is 11.3 Å². The van der Waals surface area contributed by atoms with Gasteiger partial charge in [-0.25, -0.2) is 4.98 Å². The van der Waals surface area contributed by atoms with Gasteiger partial charge >= 0.3 is 0 Å². The molecule has 6 heteroatoms. The lowest BCUT2D eigenvalue weighted by Gasteiger charge is -2.15. The molecule has 0 aromatic carbocycles. The van der Waals surface area contributed by atoms with Gasteiger partial charge in [0.25, 0.3) is 0 Å². The fourth-order valence-electron chi connectivity index (χ4n) is 1.34. The van der Waals surface area contributed by atoms with Gasteiger partial charge in [0.2, 0.25) is 5.91 Å². The van der Waals surface area contributed by atoms with E-state index in [2.05, 4.69) is 17.2 Å². The number of nitrogens with two attached hydrogens (primary N) is 1. The van der Waals surface area contributed by atoms with Crippen LogP contribution in [0.2, 0.25) is 0 Å². The van der Waals surface area contributed by atoms with E-state index in [-0.39, 0.29) is 18.6 Å². The van der Waals surface area contributed by atoms with Crippen LogP contribution in [0.4, 0.5) is 0 Å². The first-order chi connectivity index (χ1) is 8.08. The average molecular weight is 257 g/mol. The van der Waals surface area contributed by atoms with Gasteiger partial charge in [0.05, 0.1) is 23.4 Å². The highest BCUT2D eigenvalue weighted by Crippen LogP contribution is 2.16. The van der Waals surface area contributed by atoms with E-state index in [9.17, 15) is 4.79 Å². The zero-order valence-corrected chi connectivity index (χ0v) is 11.2. The number of carbonyl (C=O) groups excluding carboxylic acids is 1. The number of nitrogens with one attached hydrogen (secondary N) is 1. The first kappa shape index (κ1) is 14.1. The summed E-state index contributed by atoms with van der Waals surface area (Å²) in [5.74, 6) is -0.217. The summed E-state index contributed by atoms with van der Waals surface area (Å²) in [7, 11) is 1.52. The number of thiazole rings is 1. The SMILES string of the molecule is CCc1nc(C(C)NC(=O)C(N)COC)cs1. The van der Waals surface area contributed by atoms with Crippen LogP contribution in [0.3, 0.4) is 0 Å². The molecule has 0 radical (unpaired) electrons. The molecule has 0 aliphatic heterocycles. The Morgan fingerprint density at radius 3 is 2.94 bits per heavy atom. The fraction of sp³-hybridized carbons (Fsp3) is 0.636. The first-order valence-corrected chi connectivity index (χ1v) is 6.45. The maximum Gasteiger partial charge on any atom is 0.239 e. The molecule has 1 aromatic rings. The Kier molecular flexibility index (Phi) is 5.54. The molecule has 0 saturated heterocycles. The third kappa shape index (κ3) is 4.07. The number of carbonyl (C=O) groups is 1. The Hall–Kier alpha value is -0.980. The molecule has 17 heavy (non-hydrogen) atoms. The summed E-state index contributed by atoms with van der Waals surface area (Å²) in [6.07, 6.45) is 0.911. The summed E-state index contributed by atoms with van der Waals surface area (Å²) in [6, 6.07) is -0.756. The van der Waals surface area contributed by atoms with Crippen LogP contribution in [0, 0.1) is 0 Å². The van der Waals surface area contributed by atoms with Gasteiger partial charge in [0.1, 0.15) is 6.04 Å². The van der Waals surface area contributed by atoms with E-state index >= 15 is 0 Å². The molecule has 2 atom stereocenters. The zero-order valence-electron chi connectivity index (χ0n) is 10.4. The van der Waals surface area contributed by atoms with Gasteiger partial charge in [-0.1, -0.05) is 6.92 Å². The van der Waals surface area contributed by atoms with Gasteiger partial charge in [-0.15, -0.1) is 11.3 Å². The van der Waals surface area contributed by atoms with Crippen molar-refractivity contribution in [2.75, 3.05) is 13.7 Å². The highest BCUT2D eigenvalue weighted by Gasteiger charge is 2.17. The monoisotopic (exact) mass is 257 g/mol. The first-order valence-electron chi connectivity index (χ1n) is 5.57. The topological polar surface area (TPSA) is 77.2 Å². The smallest absolute Gasteiger partial charge is 0.239 e. The maximum atomic E-state index is 11.7. The van der Waals surface area contributed by atoms with Crippen molar-refractivity contribution in [3.05, 3.63) is 16.1 Å². The number of methoxy groups -OCH3 is 1. The second-order valence-electron chi connectivity index (χ2n) is 3.81. The third-order valence-electron chi connectivity index (χ3n) is 2.36. The van der Waals surface area contributed by atoms with Crippen molar-refractivity contribution in [3.63, 3.8) is 0 Å². The molecule has 0 aliphatic carbocycles. The highest BCUT2D eigenvalue weighted by atomic mass is 32.1. The summed E-state index contributed by atoms with van der Waals surface area (Å²) in [4.78, 5) is 16.1. The molecular formula is C11H19N3O2S. The molecule has 0 spiro atoms. The molecular weight excluding hydrogens is 238 g/mol. The maximum absolute atomic E-state index is 11.7. The van der Waals surface area contributed by atoms with Crippen molar-refractivity contribution in [2.45, 2.75) is 32.4 Å². The third-order valence-corrected chi connectivity index (χ3v) is 3.37. The van der Waals surface area contributed by atoms with Gasteiger partial charge in [-0.05, 0) is 13.3 Å². The summed E-state index contributed by atoms with van der Waals surface area (Å²) in [5.41, 5.74) is 6.51. The predicted molar refractivity (Wildman–Crippen MR) is 67.9 cm³/mol. The molecule has 1 aromatic heterocycles. The molecule has 96 valence electrons. The lowest BCUT2D eigenvalue weighted by atomic mass is 10.2. The molecule has 5 nitrogen and oxygen atoms in total. The van der Waals surface area contributed by atoms with Gasteiger partial charge in [0.15, 0.2) is 0 Å². The molecule has 1 rings (SSSR count). The number of hydrogen-bond donors (Lipinski definition) is 2. The van der Waals surface area contributed by atoms with Gasteiger partial charge in [-0.3, -0.25) is 4.79 Å². The minimum absolute atomic E-state index is 0.123. The normalized spacial score (nSPS) is 14.4. The van der Waals surface area contributed by atoms with Crippen LogP contribution in [0.1, 0.15) is 30.6 Å². The fourth-order valence-corrected chi connectivity index (χ4v) is 2.17. The van der Waals surface area contributed by atoms with Crippen LogP contribution >= 0.6 is 11.3 Å². The van der Waals surface area contributed by atoms with Gasteiger partial charge < -0.3 is 15.8 Å². The van der Waals surface area contributed by atoms with E-state index < -0.39 is 6.04 Å². The number of amides is 1. The number of aromatic nitrogens is 1. The Labute approximate surface area is 105 Å². The molecule has 1 amide bonds. The second kappa shape index (κ2) is 6.68. The lowest BCUT2D eigenvalue weighted by molar-refractivity contribution is -0.124. The Morgan fingerprint density at radius 2 is 2.41 bits per heavy atom. The summed E-state index contributed by atoms with van der Waals surface area (Å²) < 4.78 is 4.83. The van der Waals surface area contributed by atoms with Gasteiger partial charge in [0, 0.05) is 12.5 Å². The summed E-state index contributed by atoms with van der Waals surface area (Å²) >= 11 is 1.61. The minimum Gasteiger partial charge on any atom is -0.383 e. The predicted octanol–water partition coefficient (Wildman–Crippen LogP) is 0.856. The molecule has 2 unspecified atom stereocenters. The van der Waals surface area contributed by atoms with Crippen LogP contribution in [-0.2, 0) is 16.0 Å². The number of ether oxygens (including phenoxy) is 1. The van der Waals surface area contributed by atoms with E-state index in [4.69, 9.17) is 10.5 Å². The van der Waals surface area contributed by atoms with Crippen LogP contribution in [0.5, 0.6) is 0 Å². The van der Waals surface area contributed by atoms with Crippen molar-refractivity contribution in [2.24, 2.45) is 5.73 Å². The molecule has 0 saturated carbocycles. The highest BCUT2D eigenvalue weighted by molar-refractivity contribution is 7.09. The molecule has 3 N–H and O–H groups in total. The van der Waals surface area contributed by atoms with E-state index in [1.165, 1.54) is 7.11 Å². The standard InChI is InChI=1S/C11H19N3O2S/c1-4-10-14-9(6-17-10)7(2)13-11(15)8(12)5-16-3/h6-8H,4-5,12H2,1-3H3,(H,13,15). The van der Waals surface area contributed by atoms with Crippen LogP contribution in [-0.4, -0.2) is 30.6 Å². The quantitative estimate of drug-likeness (QED) is 0.792. The van der Waals surface area contributed by atoms with E-state index in [0.29, 0.717) is 0 Å². The Balaban J connectivity index is 2.53. The second-order valence-corrected chi connectivity index (χ2v) is 4.75. The van der Waals surface area contributed by atoms with Crippen LogP contribution < -0.4 is 11.1 Å². The summed E-state index contributed by atoms with van der Waals surface area (Å²) in [5, 5.41) is 5.85. The average Bonchev–Trinajstić information content (AvgIpc) is 2.77. The van der Waals surface area contributed by atoms with Crippen molar-refractivity contribution < 1.29 is 9.53 Å². The Morgan fingerprint density at radius 1 is 1.71 bits per heavy atom. The number of nitrogens with zero attached hydrogens (tertiary/aromatic N) is 1. The van der Waals surface area contributed by atoms with E-state index in [1.807, 2.05) is 12.3 Å². The number of rotatable bonds is 6. The lowest BCUT2D eigenvalue weighted by Crippen LogP contribution is -2.44. The summed E-state index contributed by atoms with van der Waals surface area (Å²) in [6.45, 7) is 4.17. The number of aryl methyl sites for hydroxylation is 1. The van der Waals surface area contributed by atoms with Crippen molar-refractivity contribution in [3.8, 4) is 0 Å². The molecule has 0 bridgehead atoms.